The minimum Gasteiger partial charge on any atom is -0.493 e. The molecule has 0 spiro atoms. The fraction of sp³-hybridized carbons (Fsp3) is 0.214. The first-order chi connectivity index (χ1) is 9.31. The Bertz CT molecular complexity index is 575. The number of carbonyl (C=O) groups is 1. The molecule has 2 rings (SSSR count). The van der Waals surface area contributed by atoms with E-state index in [2.05, 4.69) is 5.32 Å². The summed E-state index contributed by atoms with van der Waals surface area (Å²) < 4.78 is 7.43. The van der Waals surface area contributed by atoms with Gasteiger partial charge in [-0.1, -0.05) is 23.7 Å². The van der Waals surface area contributed by atoms with Crippen molar-refractivity contribution in [2.45, 2.75) is 6.92 Å². The Hall–Kier alpha value is -2.01. The van der Waals surface area contributed by atoms with Gasteiger partial charge in [-0.3, -0.25) is 8.75 Å². The van der Waals surface area contributed by atoms with Gasteiger partial charge in [0.15, 0.2) is 6.29 Å². The molecule has 0 aliphatic carbocycles. The van der Waals surface area contributed by atoms with Crippen LogP contribution in [0.15, 0.2) is 35.8 Å². The molecular weight excluding hydrogens is 260 g/mol. The second-order valence-corrected chi connectivity index (χ2v) is 4.65. The van der Waals surface area contributed by atoms with Gasteiger partial charge < -0.3 is 10.1 Å². The largest absolute Gasteiger partial charge is 0.493 e. The van der Waals surface area contributed by atoms with Crippen molar-refractivity contribution in [2.75, 3.05) is 13.7 Å². The van der Waals surface area contributed by atoms with Crippen molar-refractivity contribution in [2.24, 2.45) is 0 Å². The number of allylic oxidation sites excluding steroid dienone is 1. The highest BCUT2D eigenvalue weighted by Crippen LogP contribution is 2.28. The summed E-state index contributed by atoms with van der Waals surface area (Å²) >= 11 is 1.48. The number of aldehydes is 1. The minimum atomic E-state index is 0.585. The van der Waals surface area contributed by atoms with Gasteiger partial charge in [-0.25, -0.2) is 0 Å². The number of ether oxygens (including phenoxy) is 1. The first-order valence-electron chi connectivity index (χ1n) is 6.04. The average molecular weight is 276 g/mol. The van der Waals surface area contributed by atoms with E-state index in [4.69, 9.17) is 4.74 Å². The number of aromatic nitrogens is 1. The van der Waals surface area contributed by atoms with Crippen LogP contribution in [0.2, 0.25) is 0 Å². The monoisotopic (exact) mass is 276 g/mol. The summed E-state index contributed by atoms with van der Waals surface area (Å²) in [5.74, 6) is 0.767. The maximum absolute atomic E-state index is 11.4. The molecular formula is C14H16N2O2S. The lowest BCUT2D eigenvalue weighted by Crippen LogP contribution is -2.13. The smallest absolute Gasteiger partial charge is 0.169 e. The molecule has 0 saturated carbocycles. The van der Waals surface area contributed by atoms with E-state index in [1.54, 1.807) is 7.05 Å². The fourth-order valence-electron chi connectivity index (χ4n) is 1.84. The number of benzene rings is 1. The predicted octanol–water partition coefficient (Wildman–Crippen LogP) is 2.69. The van der Waals surface area contributed by atoms with Gasteiger partial charge in [0.1, 0.15) is 11.4 Å². The highest BCUT2D eigenvalue weighted by Gasteiger charge is 2.14. The van der Waals surface area contributed by atoms with Crippen molar-refractivity contribution < 1.29 is 9.53 Å². The van der Waals surface area contributed by atoms with Crippen LogP contribution in [0.4, 0.5) is 0 Å². The third-order valence-electron chi connectivity index (χ3n) is 2.68. The second kappa shape index (κ2) is 6.24. The van der Waals surface area contributed by atoms with E-state index in [0.29, 0.717) is 12.3 Å². The number of carbonyl (C=O) groups excluding carboxylic acids is 1. The van der Waals surface area contributed by atoms with E-state index in [1.807, 2.05) is 46.7 Å². The number of para-hydroxylation sites is 1. The fourth-order valence-corrected chi connectivity index (χ4v) is 2.33. The van der Waals surface area contributed by atoms with Crippen LogP contribution in [-0.2, 0) is 4.79 Å². The van der Waals surface area contributed by atoms with Crippen LogP contribution in [0.3, 0.4) is 0 Å². The van der Waals surface area contributed by atoms with Crippen molar-refractivity contribution in [3.8, 4) is 5.75 Å². The molecule has 0 atom stereocenters. The van der Waals surface area contributed by atoms with Crippen molar-refractivity contribution >= 4 is 29.2 Å². The van der Waals surface area contributed by atoms with E-state index in [1.165, 1.54) is 11.5 Å². The maximum Gasteiger partial charge on any atom is 0.169 e. The molecule has 0 fully saturated rings. The Balaban J connectivity index is 2.54. The van der Waals surface area contributed by atoms with Crippen LogP contribution in [0.5, 0.6) is 5.75 Å². The average Bonchev–Trinajstić information content (AvgIpc) is 2.38. The molecule has 19 heavy (non-hydrogen) atoms. The summed E-state index contributed by atoms with van der Waals surface area (Å²) in [6.07, 6.45) is 2.71. The quantitative estimate of drug-likeness (QED) is 0.651. The van der Waals surface area contributed by atoms with Gasteiger partial charge >= 0.3 is 0 Å². The van der Waals surface area contributed by atoms with Crippen LogP contribution in [-0.4, -0.2) is 23.9 Å². The van der Waals surface area contributed by atoms with Gasteiger partial charge in [0.25, 0.3) is 0 Å². The van der Waals surface area contributed by atoms with Gasteiger partial charge in [-0.05, 0) is 19.1 Å². The molecule has 0 radical (unpaired) electrons. The van der Waals surface area contributed by atoms with Crippen molar-refractivity contribution in [1.29, 1.82) is 0 Å². The van der Waals surface area contributed by atoms with Crippen LogP contribution >= 0.6 is 11.5 Å². The summed E-state index contributed by atoms with van der Waals surface area (Å²) in [4.78, 5) is 11.4. The molecule has 4 nitrogen and oxygen atoms in total. The van der Waals surface area contributed by atoms with Gasteiger partial charge in [-0.2, -0.15) is 0 Å². The lowest BCUT2D eigenvalue weighted by Gasteiger charge is -2.17. The highest BCUT2D eigenvalue weighted by molar-refractivity contribution is 7.06. The van der Waals surface area contributed by atoms with Gasteiger partial charge in [-0.15, -0.1) is 0 Å². The van der Waals surface area contributed by atoms with Gasteiger partial charge in [0.2, 0.25) is 0 Å². The molecule has 1 aromatic heterocycles. The number of rotatable bonds is 6. The van der Waals surface area contributed by atoms with Crippen molar-refractivity contribution in [3.63, 3.8) is 0 Å². The molecule has 2 aromatic rings. The zero-order valence-electron chi connectivity index (χ0n) is 10.9. The molecule has 0 aliphatic rings. The lowest BCUT2D eigenvalue weighted by atomic mass is 10.1. The topological polar surface area (TPSA) is 43.3 Å². The Kier molecular flexibility index (Phi) is 4.41. The van der Waals surface area contributed by atoms with Crippen LogP contribution < -0.4 is 10.1 Å². The predicted molar refractivity (Wildman–Crippen MR) is 78.2 cm³/mol. The Morgan fingerprint density at radius 2 is 2.21 bits per heavy atom. The Morgan fingerprint density at radius 3 is 2.74 bits per heavy atom. The summed E-state index contributed by atoms with van der Waals surface area (Å²) in [7, 11) is 1.80. The number of nitrogens with zero attached hydrogens (tertiary/aromatic N) is 1. The number of hydrogen-bond acceptors (Lipinski definition) is 4. The highest BCUT2D eigenvalue weighted by atomic mass is 32.1. The normalized spacial score (nSPS) is 11.9. The second-order valence-electron chi connectivity index (χ2n) is 3.77. The number of nitrogens with one attached hydrogen (secondary N) is 1. The van der Waals surface area contributed by atoms with Crippen LogP contribution in [0.1, 0.15) is 12.5 Å². The SMILES string of the molecule is CCOc1ccccc1/C(NC)=C(\C=O)n1ccs1. The van der Waals surface area contributed by atoms with Crippen LogP contribution in [0, 0.1) is 0 Å². The van der Waals surface area contributed by atoms with E-state index in [-0.39, 0.29) is 0 Å². The molecule has 0 bridgehead atoms. The standard InChI is InChI=1S/C14H16N2O2S/c1-3-18-13-7-5-4-6-11(13)14(15-2)12(10-17)16-8-9-19-16/h4-10,15H,3H2,1-2H3/b14-12-. The zero-order valence-corrected chi connectivity index (χ0v) is 11.7. The molecule has 100 valence electrons. The van der Waals surface area contributed by atoms with E-state index < -0.39 is 0 Å². The number of hydrogen-bond donors (Lipinski definition) is 1. The summed E-state index contributed by atoms with van der Waals surface area (Å²) in [6.45, 7) is 2.52. The third-order valence-corrected chi connectivity index (χ3v) is 3.47. The summed E-state index contributed by atoms with van der Waals surface area (Å²) in [5.41, 5.74) is 2.23. The first kappa shape index (κ1) is 13.4. The molecule has 0 unspecified atom stereocenters. The van der Waals surface area contributed by atoms with Gasteiger partial charge in [0.05, 0.1) is 12.3 Å². The molecule has 1 N–H and O–H groups in total. The first-order valence-corrected chi connectivity index (χ1v) is 6.87. The Morgan fingerprint density at radius 1 is 1.47 bits per heavy atom. The van der Waals surface area contributed by atoms with Crippen LogP contribution in [0.25, 0.3) is 11.4 Å². The zero-order chi connectivity index (χ0) is 13.7. The lowest BCUT2D eigenvalue weighted by molar-refractivity contribution is -0.103. The molecule has 5 heteroatoms. The Labute approximate surface area is 116 Å². The molecule has 1 aromatic carbocycles. The van der Waals surface area contributed by atoms with Crippen molar-refractivity contribution in [3.05, 3.63) is 41.4 Å². The maximum atomic E-state index is 11.4. The van der Waals surface area contributed by atoms with Gasteiger partial charge in [0, 0.05) is 24.2 Å². The molecule has 0 amide bonds. The van der Waals surface area contributed by atoms with E-state index >= 15 is 0 Å². The van der Waals surface area contributed by atoms with E-state index in [9.17, 15) is 4.79 Å². The summed E-state index contributed by atoms with van der Waals surface area (Å²) in [5, 5.41) is 5.02. The third kappa shape index (κ3) is 2.71. The van der Waals surface area contributed by atoms with E-state index in [0.717, 1.165) is 23.3 Å². The molecule has 0 saturated heterocycles. The minimum absolute atomic E-state index is 0.585. The summed E-state index contributed by atoms with van der Waals surface area (Å²) in [6, 6.07) is 7.68. The molecule has 0 aliphatic heterocycles. The molecule has 1 heterocycles. The van der Waals surface area contributed by atoms with Crippen molar-refractivity contribution in [1.82, 2.24) is 9.27 Å².